The van der Waals surface area contributed by atoms with Crippen LogP contribution in [0.25, 0.3) is 0 Å². The highest BCUT2D eigenvalue weighted by molar-refractivity contribution is 6.37. The Balaban J connectivity index is 1.54. The van der Waals surface area contributed by atoms with Crippen LogP contribution in [0.5, 0.6) is 0 Å². The van der Waals surface area contributed by atoms with Crippen LogP contribution in [-0.2, 0) is 6.18 Å². The summed E-state index contributed by atoms with van der Waals surface area (Å²) in [5, 5.41) is 3.06. The van der Waals surface area contributed by atoms with Crippen molar-refractivity contribution in [3.63, 3.8) is 0 Å². The minimum absolute atomic E-state index is 0.0764. The van der Waals surface area contributed by atoms with Crippen molar-refractivity contribution < 1.29 is 18.0 Å². The van der Waals surface area contributed by atoms with Gasteiger partial charge in [-0.1, -0.05) is 23.2 Å². The summed E-state index contributed by atoms with van der Waals surface area (Å²) in [7, 11) is 0. The van der Waals surface area contributed by atoms with Gasteiger partial charge in [0.25, 0.3) is 5.91 Å². The Labute approximate surface area is 195 Å². The molecule has 2 fully saturated rings. The molecular formula is C23H24Cl2F3N3O. The molecule has 4 rings (SSSR count). The Morgan fingerprint density at radius 3 is 2.28 bits per heavy atom. The molecule has 0 saturated carbocycles. The zero-order chi connectivity index (χ0) is 22.9. The van der Waals surface area contributed by atoms with Crippen LogP contribution >= 0.6 is 23.2 Å². The third-order valence-corrected chi connectivity index (χ3v) is 6.71. The van der Waals surface area contributed by atoms with Crippen LogP contribution in [-0.4, -0.2) is 43.0 Å². The van der Waals surface area contributed by atoms with Crippen molar-refractivity contribution in [1.29, 1.82) is 0 Å². The molecule has 1 amide bonds. The zero-order valence-electron chi connectivity index (χ0n) is 17.4. The first-order valence-electron chi connectivity index (χ1n) is 10.7. The largest absolute Gasteiger partial charge is 0.416 e. The SMILES string of the molecule is O=C(Nc1cc(N2CCC(N3CCCC3)CC2)cc(C(F)(F)F)c1)c1ccc(Cl)cc1Cl. The molecule has 172 valence electrons. The fraction of sp³-hybridized carbons (Fsp3) is 0.435. The van der Waals surface area contributed by atoms with Gasteiger partial charge in [0, 0.05) is 35.5 Å². The van der Waals surface area contributed by atoms with Crippen LogP contribution in [0.3, 0.4) is 0 Å². The molecule has 0 aromatic heterocycles. The van der Waals surface area contributed by atoms with Crippen molar-refractivity contribution in [3.8, 4) is 0 Å². The summed E-state index contributed by atoms with van der Waals surface area (Å²) in [4.78, 5) is 17.1. The fourth-order valence-electron chi connectivity index (χ4n) is 4.50. The van der Waals surface area contributed by atoms with Crippen molar-refractivity contribution in [2.45, 2.75) is 37.9 Å². The number of nitrogens with one attached hydrogen (secondary N) is 1. The van der Waals surface area contributed by atoms with Crippen LogP contribution in [0, 0.1) is 0 Å². The maximum Gasteiger partial charge on any atom is 0.416 e. The monoisotopic (exact) mass is 485 g/mol. The lowest BCUT2D eigenvalue weighted by atomic mass is 10.0. The van der Waals surface area contributed by atoms with E-state index in [-0.39, 0.29) is 16.3 Å². The smallest absolute Gasteiger partial charge is 0.371 e. The maximum atomic E-state index is 13.6. The van der Waals surface area contributed by atoms with Crippen molar-refractivity contribution >= 4 is 40.5 Å². The number of hydrogen-bond donors (Lipinski definition) is 1. The molecule has 32 heavy (non-hydrogen) atoms. The first-order valence-corrected chi connectivity index (χ1v) is 11.4. The van der Waals surface area contributed by atoms with Gasteiger partial charge in [-0.3, -0.25) is 4.79 Å². The lowest BCUT2D eigenvalue weighted by Gasteiger charge is -2.38. The summed E-state index contributed by atoms with van der Waals surface area (Å²) in [6.07, 6.45) is -0.263. The Bertz CT molecular complexity index is 985. The van der Waals surface area contributed by atoms with Crippen molar-refractivity contribution in [2.75, 3.05) is 36.4 Å². The van der Waals surface area contributed by atoms with Gasteiger partial charge in [-0.15, -0.1) is 0 Å². The lowest BCUT2D eigenvalue weighted by Crippen LogP contribution is -2.43. The zero-order valence-corrected chi connectivity index (χ0v) is 18.9. The average molecular weight is 486 g/mol. The maximum absolute atomic E-state index is 13.6. The molecular weight excluding hydrogens is 462 g/mol. The highest BCUT2D eigenvalue weighted by Gasteiger charge is 2.33. The minimum atomic E-state index is -4.53. The summed E-state index contributed by atoms with van der Waals surface area (Å²) < 4.78 is 40.7. The quantitative estimate of drug-likeness (QED) is 0.549. The number of likely N-dealkylation sites (tertiary alicyclic amines) is 1. The molecule has 0 bridgehead atoms. The Hall–Kier alpha value is -1.96. The number of benzene rings is 2. The lowest BCUT2D eigenvalue weighted by molar-refractivity contribution is -0.137. The molecule has 0 spiro atoms. The molecule has 2 aliphatic heterocycles. The molecule has 2 aliphatic rings. The summed E-state index contributed by atoms with van der Waals surface area (Å²) in [5.41, 5.74) is -0.125. The molecule has 2 aromatic carbocycles. The first kappa shape index (κ1) is 23.2. The molecule has 0 aliphatic carbocycles. The number of anilines is 2. The predicted octanol–water partition coefficient (Wildman–Crippen LogP) is 6.33. The van der Waals surface area contributed by atoms with E-state index in [1.54, 1.807) is 6.07 Å². The molecule has 0 atom stereocenters. The van der Waals surface area contributed by atoms with E-state index in [1.165, 1.54) is 31.0 Å². The predicted molar refractivity (Wildman–Crippen MR) is 122 cm³/mol. The molecule has 0 unspecified atom stereocenters. The standard InChI is InChI=1S/C23H24Cl2F3N3O/c24-16-3-4-20(21(25)13-16)22(32)29-17-11-15(23(26,27)28)12-19(14-17)31-9-5-18(6-10-31)30-7-1-2-8-30/h3-4,11-14,18H,1-2,5-10H2,(H,29,32). The van der Waals surface area contributed by atoms with E-state index in [0.717, 1.165) is 38.1 Å². The molecule has 9 heteroatoms. The first-order chi connectivity index (χ1) is 15.2. The normalized spacial score (nSPS) is 18.2. The van der Waals surface area contributed by atoms with Gasteiger partial charge in [0.1, 0.15) is 0 Å². The van der Waals surface area contributed by atoms with E-state index in [0.29, 0.717) is 29.8 Å². The second-order valence-corrected chi connectivity index (χ2v) is 9.15. The molecule has 0 radical (unpaired) electrons. The number of halogens is 5. The van der Waals surface area contributed by atoms with Gasteiger partial charge >= 0.3 is 6.18 Å². The van der Waals surface area contributed by atoms with Crippen molar-refractivity contribution in [3.05, 3.63) is 57.6 Å². The third-order valence-electron chi connectivity index (χ3n) is 6.17. The highest BCUT2D eigenvalue weighted by Crippen LogP contribution is 2.36. The molecule has 2 saturated heterocycles. The summed E-state index contributed by atoms with van der Waals surface area (Å²) in [6, 6.07) is 8.55. The Morgan fingerprint density at radius 1 is 0.969 bits per heavy atom. The van der Waals surface area contributed by atoms with Gasteiger partial charge in [-0.25, -0.2) is 0 Å². The van der Waals surface area contributed by atoms with Crippen LogP contribution in [0.15, 0.2) is 36.4 Å². The van der Waals surface area contributed by atoms with Gasteiger partial charge in [0.15, 0.2) is 0 Å². The Morgan fingerprint density at radius 2 is 1.66 bits per heavy atom. The Kier molecular flexibility index (Phi) is 6.89. The number of carbonyl (C=O) groups excluding carboxylic acids is 1. The van der Waals surface area contributed by atoms with Gasteiger partial charge < -0.3 is 15.1 Å². The number of carbonyl (C=O) groups is 1. The van der Waals surface area contributed by atoms with Crippen LogP contribution in [0.2, 0.25) is 10.0 Å². The second kappa shape index (κ2) is 9.49. The number of piperidine rings is 1. The molecule has 2 aromatic rings. The van der Waals surface area contributed by atoms with E-state index in [9.17, 15) is 18.0 Å². The number of hydrogen-bond acceptors (Lipinski definition) is 3. The fourth-order valence-corrected chi connectivity index (χ4v) is 4.99. The van der Waals surface area contributed by atoms with Crippen molar-refractivity contribution in [2.24, 2.45) is 0 Å². The van der Waals surface area contributed by atoms with E-state index < -0.39 is 17.6 Å². The number of amides is 1. The molecule has 1 N–H and O–H groups in total. The summed E-state index contributed by atoms with van der Waals surface area (Å²) in [6.45, 7) is 3.58. The summed E-state index contributed by atoms with van der Waals surface area (Å²) in [5.74, 6) is -0.593. The second-order valence-electron chi connectivity index (χ2n) is 8.31. The van der Waals surface area contributed by atoms with E-state index in [1.807, 2.05) is 4.90 Å². The van der Waals surface area contributed by atoms with Crippen LogP contribution in [0.1, 0.15) is 41.6 Å². The van der Waals surface area contributed by atoms with Crippen LogP contribution < -0.4 is 10.2 Å². The van der Waals surface area contributed by atoms with E-state index >= 15 is 0 Å². The average Bonchev–Trinajstić information content (AvgIpc) is 3.28. The van der Waals surface area contributed by atoms with Crippen LogP contribution in [0.4, 0.5) is 24.5 Å². The topological polar surface area (TPSA) is 35.6 Å². The van der Waals surface area contributed by atoms with E-state index in [2.05, 4.69) is 10.2 Å². The number of alkyl halides is 3. The van der Waals surface area contributed by atoms with Gasteiger partial charge in [-0.05, 0) is 75.2 Å². The number of rotatable bonds is 4. The van der Waals surface area contributed by atoms with Gasteiger partial charge in [0.2, 0.25) is 0 Å². The van der Waals surface area contributed by atoms with Crippen molar-refractivity contribution in [1.82, 2.24) is 4.90 Å². The summed E-state index contributed by atoms with van der Waals surface area (Å²) >= 11 is 11.9. The highest BCUT2D eigenvalue weighted by atomic mass is 35.5. The molecule has 4 nitrogen and oxygen atoms in total. The molecule has 2 heterocycles. The van der Waals surface area contributed by atoms with E-state index in [4.69, 9.17) is 23.2 Å². The third kappa shape index (κ3) is 5.33. The van der Waals surface area contributed by atoms with Gasteiger partial charge in [-0.2, -0.15) is 13.2 Å². The number of nitrogens with zero attached hydrogens (tertiary/aromatic N) is 2. The van der Waals surface area contributed by atoms with Gasteiger partial charge in [0.05, 0.1) is 16.1 Å². The minimum Gasteiger partial charge on any atom is -0.371 e.